The van der Waals surface area contributed by atoms with Crippen molar-refractivity contribution in [2.24, 2.45) is 0 Å². The van der Waals surface area contributed by atoms with Crippen LogP contribution in [0.3, 0.4) is 0 Å². The van der Waals surface area contributed by atoms with Crippen LogP contribution < -0.4 is 14.8 Å². The summed E-state index contributed by atoms with van der Waals surface area (Å²) in [4.78, 5) is 0. The van der Waals surface area contributed by atoms with Crippen LogP contribution in [0.1, 0.15) is 11.1 Å². The van der Waals surface area contributed by atoms with E-state index in [2.05, 4.69) is 17.4 Å². The van der Waals surface area contributed by atoms with Gasteiger partial charge < -0.3 is 14.8 Å². The highest BCUT2D eigenvalue weighted by molar-refractivity contribution is 6.30. The van der Waals surface area contributed by atoms with Crippen molar-refractivity contribution in [1.29, 1.82) is 0 Å². The van der Waals surface area contributed by atoms with Crippen LogP contribution in [0.5, 0.6) is 11.5 Å². The van der Waals surface area contributed by atoms with Crippen LogP contribution in [0.15, 0.2) is 42.5 Å². The minimum absolute atomic E-state index is 0.630. The number of ether oxygens (including phenoxy) is 2. The molecule has 1 N–H and O–H groups in total. The normalized spacial score (nSPS) is 13.2. The Morgan fingerprint density at radius 2 is 1.62 bits per heavy atom. The van der Waals surface area contributed by atoms with Gasteiger partial charge in [-0.05, 0) is 48.4 Å². The third-order valence-corrected chi connectivity index (χ3v) is 3.69. The molecular weight excluding hydrogens is 286 g/mol. The molecule has 0 radical (unpaired) electrons. The van der Waals surface area contributed by atoms with E-state index in [1.54, 1.807) is 0 Å². The molecule has 0 amide bonds. The van der Waals surface area contributed by atoms with Gasteiger partial charge in [-0.1, -0.05) is 29.8 Å². The zero-order valence-corrected chi connectivity index (χ0v) is 12.5. The molecule has 1 aliphatic rings. The van der Waals surface area contributed by atoms with Crippen molar-refractivity contribution < 1.29 is 9.47 Å². The minimum atomic E-state index is 0.630. The second-order valence-electron chi connectivity index (χ2n) is 5.03. The van der Waals surface area contributed by atoms with Gasteiger partial charge in [0.2, 0.25) is 0 Å². The van der Waals surface area contributed by atoms with Crippen molar-refractivity contribution in [2.75, 3.05) is 19.8 Å². The lowest BCUT2D eigenvalue weighted by atomic mass is 10.1. The predicted octanol–water partition coefficient (Wildman–Crippen LogP) is 3.44. The molecule has 0 spiro atoms. The van der Waals surface area contributed by atoms with Gasteiger partial charge in [-0.3, -0.25) is 0 Å². The Labute approximate surface area is 129 Å². The van der Waals surface area contributed by atoms with Gasteiger partial charge in [0.25, 0.3) is 0 Å². The van der Waals surface area contributed by atoms with E-state index in [0.717, 1.165) is 36.0 Å². The number of hydrogen-bond donors (Lipinski definition) is 1. The summed E-state index contributed by atoms with van der Waals surface area (Å²) in [6.07, 6.45) is 0.963. The van der Waals surface area contributed by atoms with E-state index in [9.17, 15) is 0 Å². The molecule has 0 fully saturated rings. The Morgan fingerprint density at radius 3 is 2.43 bits per heavy atom. The number of nitrogens with one attached hydrogen (secondary N) is 1. The summed E-state index contributed by atoms with van der Waals surface area (Å²) in [5, 5.41) is 4.21. The molecule has 4 heteroatoms. The lowest BCUT2D eigenvalue weighted by Gasteiger charge is -2.18. The quantitative estimate of drug-likeness (QED) is 0.858. The summed E-state index contributed by atoms with van der Waals surface area (Å²) in [6.45, 7) is 3.03. The first-order chi connectivity index (χ1) is 10.3. The molecule has 1 aliphatic heterocycles. The van der Waals surface area contributed by atoms with Gasteiger partial charge in [-0.2, -0.15) is 0 Å². The Hall–Kier alpha value is -1.71. The van der Waals surface area contributed by atoms with Gasteiger partial charge in [0.05, 0.1) is 0 Å². The average molecular weight is 304 g/mol. The molecule has 3 nitrogen and oxygen atoms in total. The van der Waals surface area contributed by atoms with E-state index in [1.807, 2.05) is 30.3 Å². The van der Waals surface area contributed by atoms with Crippen LogP contribution in [-0.4, -0.2) is 19.8 Å². The number of benzene rings is 2. The molecule has 0 aromatic heterocycles. The third kappa shape index (κ3) is 3.90. The summed E-state index contributed by atoms with van der Waals surface area (Å²) in [6, 6.07) is 14.1. The van der Waals surface area contributed by atoms with Gasteiger partial charge >= 0.3 is 0 Å². The molecule has 0 atom stereocenters. The van der Waals surface area contributed by atoms with Crippen molar-refractivity contribution in [3.63, 3.8) is 0 Å². The van der Waals surface area contributed by atoms with Crippen LogP contribution in [-0.2, 0) is 13.0 Å². The van der Waals surface area contributed by atoms with Crippen molar-refractivity contribution >= 4 is 11.6 Å². The lowest BCUT2D eigenvalue weighted by molar-refractivity contribution is 0.171. The molecule has 2 aromatic carbocycles. The van der Waals surface area contributed by atoms with E-state index in [4.69, 9.17) is 21.1 Å². The first-order valence-corrected chi connectivity index (χ1v) is 7.53. The number of fused-ring (bicyclic) bond motifs is 1. The first-order valence-electron chi connectivity index (χ1n) is 7.15. The Kier molecular flexibility index (Phi) is 4.63. The van der Waals surface area contributed by atoms with Crippen molar-refractivity contribution in [1.82, 2.24) is 5.32 Å². The Bertz CT molecular complexity index is 598. The maximum atomic E-state index is 5.87. The molecule has 1 heterocycles. The largest absolute Gasteiger partial charge is 0.486 e. The first kappa shape index (κ1) is 14.2. The number of rotatable bonds is 5. The van der Waals surface area contributed by atoms with Crippen LogP contribution in [0.2, 0.25) is 5.02 Å². The summed E-state index contributed by atoms with van der Waals surface area (Å²) in [7, 11) is 0. The highest BCUT2D eigenvalue weighted by atomic mass is 35.5. The summed E-state index contributed by atoms with van der Waals surface area (Å²) >= 11 is 5.87. The molecule has 0 aliphatic carbocycles. The fraction of sp³-hybridized carbons (Fsp3) is 0.294. The van der Waals surface area contributed by atoms with E-state index in [1.165, 1.54) is 11.1 Å². The standard InChI is InChI=1S/C17H18ClNO2/c18-15-4-1-14(2-5-15)12-19-8-7-13-3-6-16-17(11-13)21-10-9-20-16/h1-6,11,19H,7-10,12H2. The fourth-order valence-corrected chi connectivity index (χ4v) is 2.44. The van der Waals surface area contributed by atoms with Crippen LogP contribution in [0, 0.1) is 0 Å². The van der Waals surface area contributed by atoms with Gasteiger partial charge in [0.1, 0.15) is 13.2 Å². The lowest BCUT2D eigenvalue weighted by Crippen LogP contribution is -2.17. The highest BCUT2D eigenvalue weighted by Crippen LogP contribution is 2.30. The topological polar surface area (TPSA) is 30.5 Å². The second-order valence-corrected chi connectivity index (χ2v) is 5.47. The van der Waals surface area contributed by atoms with Crippen molar-refractivity contribution in [3.05, 3.63) is 58.6 Å². The third-order valence-electron chi connectivity index (χ3n) is 3.44. The molecule has 21 heavy (non-hydrogen) atoms. The minimum Gasteiger partial charge on any atom is -0.486 e. The maximum absolute atomic E-state index is 5.87. The van der Waals surface area contributed by atoms with Crippen molar-refractivity contribution in [2.45, 2.75) is 13.0 Å². The van der Waals surface area contributed by atoms with E-state index in [0.29, 0.717) is 13.2 Å². The van der Waals surface area contributed by atoms with Gasteiger partial charge in [-0.25, -0.2) is 0 Å². The van der Waals surface area contributed by atoms with Crippen molar-refractivity contribution in [3.8, 4) is 11.5 Å². The van der Waals surface area contributed by atoms with Gasteiger partial charge in [-0.15, -0.1) is 0 Å². The Morgan fingerprint density at radius 1 is 0.905 bits per heavy atom. The number of hydrogen-bond acceptors (Lipinski definition) is 3. The SMILES string of the molecule is Clc1ccc(CNCCc2ccc3c(c2)OCCO3)cc1. The fourth-order valence-electron chi connectivity index (χ4n) is 2.31. The van der Waals surface area contributed by atoms with Gasteiger partial charge in [0, 0.05) is 11.6 Å². The Balaban J connectivity index is 1.48. The molecule has 110 valence electrons. The van der Waals surface area contributed by atoms with Crippen LogP contribution in [0.4, 0.5) is 0 Å². The van der Waals surface area contributed by atoms with E-state index >= 15 is 0 Å². The summed E-state index contributed by atoms with van der Waals surface area (Å²) in [5.41, 5.74) is 2.49. The molecule has 0 saturated carbocycles. The zero-order valence-electron chi connectivity index (χ0n) is 11.8. The van der Waals surface area contributed by atoms with Crippen LogP contribution >= 0.6 is 11.6 Å². The smallest absolute Gasteiger partial charge is 0.161 e. The highest BCUT2D eigenvalue weighted by Gasteiger charge is 2.11. The molecule has 0 bridgehead atoms. The van der Waals surface area contributed by atoms with E-state index < -0.39 is 0 Å². The predicted molar refractivity (Wildman–Crippen MR) is 84.3 cm³/mol. The van der Waals surface area contributed by atoms with E-state index in [-0.39, 0.29) is 0 Å². The monoisotopic (exact) mass is 303 g/mol. The molecule has 0 unspecified atom stereocenters. The van der Waals surface area contributed by atoms with Crippen LogP contribution in [0.25, 0.3) is 0 Å². The molecule has 2 aromatic rings. The summed E-state index contributed by atoms with van der Waals surface area (Å²) < 4.78 is 11.1. The average Bonchev–Trinajstić information content (AvgIpc) is 2.53. The molecule has 3 rings (SSSR count). The second kappa shape index (κ2) is 6.83. The zero-order chi connectivity index (χ0) is 14.5. The number of halogens is 1. The molecule has 0 saturated heterocycles. The summed E-state index contributed by atoms with van der Waals surface area (Å²) in [5.74, 6) is 1.70. The van der Waals surface area contributed by atoms with Gasteiger partial charge in [0.15, 0.2) is 11.5 Å². The maximum Gasteiger partial charge on any atom is 0.161 e. The molecular formula is C17H18ClNO2.